The minimum Gasteiger partial charge on any atom is -0.478 e. The maximum atomic E-state index is 14.0. The molecular formula is C20H16FN3O2S. The van der Waals surface area contributed by atoms with Gasteiger partial charge >= 0.3 is 5.97 Å². The lowest BCUT2D eigenvalue weighted by atomic mass is 9.92. The van der Waals surface area contributed by atoms with E-state index in [1.54, 1.807) is 6.07 Å². The molecule has 0 saturated heterocycles. The van der Waals surface area contributed by atoms with Crippen molar-refractivity contribution in [3.8, 4) is 11.3 Å². The van der Waals surface area contributed by atoms with Crippen molar-refractivity contribution in [3.05, 3.63) is 69.8 Å². The molecule has 0 radical (unpaired) electrons. The smallest absolute Gasteiger partial charge is 0.338 e. The molecule has 27 heavy (non-hydrogen) atoms. The number of benzene rings is 2. The molecule has 136 valence electrons. The van der Waals surface area contributed by atoms with Gasteiger partial charge in [-0.05, 0) is 32.0 Å². The van der Waals surface area contributed by atoms with Crippen molar-refractivity contribution in [1.29, 1.82) is 0 Å². The Morgan fingerprint density at radius 3 is 2.74 bits per heavy atom. The fraction of sp³-hybridized carbons (Fsp3) is 0.150. The lowest BCUT2D eigenvalue weighted by Gasteiger charge is -2.30. The first kappa shape index (κ1) is 17.4. The first-order valence-corrected chi connectivity index (χ1v) is 9.18. The molecule has 0 spiro atoms. The van der Waals surface area contributed by atoms with Gasteiger partial charge in [0.25, 0.3) is 0 Å². The summed E-state index contributed by atoms with van der Waals surface area (Å²) in [5, 5.41) is 14.8. The van der Waals surface area contributed by atoms with Gasteiger partial charge in [-0.15, -0.1) is 11.3 Å². The molecule has 0 bridgehead atoms. The second-order valence-corrected chi connectivity index (χ2v) is 7.59. The summed E-state index contributed by atoms with van der Waals surface area (Å²) < 4.78 is 14.0. The molecule has 1 aromatic heterocycles. The Morgan fingerprint density at radius 1 is 1.22 bits per heavy atom. The molecular weight excluding hydrogens is 365 g/mol. The van der Waals surface area contributed by atoms with Crippen LogP contribution in [0.1, 0.15) is 34.8 Å². The number of carbonyl (C=O) groups is 1. The second kappa shape index (κ2) is 6.28. The molecule has 0 unspecified atom stereocenters. The van der Waals surface area contributed by atoms with E-state index < -0.39 is 17.3 Å². The first-order valence-electron chi connectivity index (χ1n) is 8.31. The summed E-state index contributed by atoms with van der Waals surface area (Å²) in [7, 11) is 0. The number of nitrogens with one attached hydrogen (secondary N) is 1. The van der Waals surface area contributed by atoms with Gasteiger partial charge in [0.1, 0.15) is 5.82 Å². The van der Waals surface area contributed by atoms with Crippen LogP contribution in [0.2, 0.25) is 0 Å². The van der Waals surface area contributed by atoms with Crippen LogP contribution in [0.5, 0.6) is 0 Å². The van der Waals surface area contributed by atoms with Crippen LogP contribution >= 0.6 is 11.3 Å². The van der Waals surface area contributed by atoms with Gasteiger partial charge in [-0.2, -0.15) is 0 Å². The number of aromatic carboxylic acids is 1. The molecule has 3 aromatic rings. The summed E-state index contributed by atoms with van der Waals surface area (Å²) in [6.45, 7) is 4.09. The molecule has 2 N–H and O–H groups in total. The van der Waals surface area contributed by atoms with Crippen LogP contribution in [0.15, 0.2) is 52.8 Å². The molecule has 0 fully saturated rings. The minimum absolute atomic E-state index is 0.356. The molecule has 2 heterocycles. The van der Waals surface area contributed by atoms with Crippen molar-refractivity contribution >= 4 is 28.8 Å². The van der Waals surface area contributed by atoms with Gasteiger partial charge in [0.15, 0.2) is 10.8 Å². The van der Waals surface area contributed by atoms with Gasteiger partial charge in [-0.3, -0.25) is 4.99 Å². The van der Waals surface area contributed by atoms with Crippen LogP contribution < -0.4 is 5.32 Å². The molecule has 0 atom stereocenters. The summed E-state index contributed by atoms with van der Waals surface area (Å²) in [5.74, 6) is -1.41. The van der Waals surface area contributed by atoms with E-state index in [0.29, 0.717) is 22.1 Å². The number of anilines is 1. The van der Waals surface area contributed by atoms with Gasteiger partial charge in [-0.1, -0.05) is 24.3 Å². The maximum Gasteiger partial charge on any atom is 0.338 e. The third-order valence-electron chi connectivity index (χ3n) is 4.43. The Labute approximate surface area is 159 Å². The SMILES string of the molecule is CC1(C)N=C(c2nc(-c3ccc(C(=O)O)c(F)c3)cs2)Nc2ccccc21. The molecule has 0 aliphatic carbocycles. The van der Waals surface area contributed by atoms with Crippen LogP contribution in [0, 0.1) is 5.82 Å². The highest BCUT2D eigenvalue weighted by Crippen LogP contribution is 2.36. The monoisotopic (exact) mass is 381 g/mol. The van der Waals surface area contributed by atoms with E-state index in [4.69, 9.17) is 10.1 Å². The van der Waals surface area contributed by atoms with E-state index in [-0.39, 0.29) is 5.56 Å². The van der Waals surface area contributed by atoms with Crippen LogP contribution in [0.4, 0.5) is 10.1 Å². The van der Waals surface area contributed by atoms with Gasteiger partial charge in [-0.25, -0.2) is 14.2 Å². The zero-order valence-corrected chi connectivity index (χ0v) is 15.5. The lowest BCUT2D eigenvalue weighted by molar-refractivity contribution is 0.0692. The van der Waals surface area contributed by atoms with E-state index in [9.17, 15) is 9.18 Å². The summed E-state index contributed by atoms with van der Waals surface area (Å²) in [6.07, 6.45) is 0. The predicted molar refractivity (Wildman–Crippen MR) is 104 cm³/mol. The number of carboxylic acid groups (broad SMARTS) is 1. The topological polar surface area (TPSA) is 74.6 Å². The summed E-state index contributed by atoms with van der Waals surface area (Å²) in [5.41, 5.74) is 2.45. The molecule has 1 aliphatic heterocycles. The average molecular weight is 381 g/mol. The fourth-order valence-corrected chi connectivity index (χ4v) is 3.86. The molecule has 5 nitrogen and oxygen atoms in total. The molecule has 1 aliphatic rings. The maximum absolute atomic E-state index is 14.0. The Hall–Kier alpha value is -3.06. The third-order valence-corrected chi connectivity index (χ3v) is 5.28. The Balaban J connectivity index is 1.69. The average Bonchev–Trinajstić information content (AvgIpc) is 3.11. The highest BCUT2D eigenvalue weighted by Gasteiger charge is 2.29. The number of halogens is 1. The Bertz CT molecular complexity index is 1090. The summed E-state index contributed by atoms with van der Waals surface area (Å²) in [6, 6.07) is 12.0. The van der Waals surface area contributed by atoms with Crippen LogP contribution in [-0.2, 0) is 5.54 Å². The zero-order chi connectivity index (χ0) is 19.2. The summed E-state index contributed by atoms with van der Waals surface area (Å²) >= 11 is 1.40. The van der Waals surface area contributed by atoms with Gasteiger partial charge in [0, 0.05) is 22.2 Å². The number of hydrogen-bond donors (Lipinski definition) is 2. The van der Waals surface area contributed by atoms with E-state index >= 15 is 0 Å². The number of hydrogen-bond acceptors (Lipinski definition) is 5. The van der Waals surface area contributed by atoms with Crippen molar-refractivity contribution in [2.24, 2.45) is 4.99 Å². The van der Waals surface area contributed by atoms with Gasteiger partial charge in [0.05, 0.1) is 16.8 Å². The Morgan fingerprint density at radius 2 is 2.00 bits per heavy atom. The minimum atomic E-state index is -1.29. The molecule has 0 saturated carbocycles. The van der Waals surface area contributed by atoms with Crippen LogP contribution in [0.3, 0.4) is 0 Å². The van der Waals surface area contributed by atoms with Gasteiger partial charge in [0.2, 0.25) is 0 Å². The third kappa shape index (κ3) is 3.10. The fourth-order valence-electron chi connectivity index (χ4n) is 3.09. The quantitative estimate of drug-likeness (QED) is 0.686. The number of para-hydroxylation sites is 1. The largest absolute Gasteiger partial charge is 0.478 e. The number of fused-ring (bicyclic) bond motifs is 1. The van der Waals surface area contributed by atoms with E-state index in [0.717, 1.165) is 11.3 Å². The van der Waals surface area contributed by atoms with Gasteiger partial charge < -0.3 is 10.4 Å². The number of aliphatic imine (C=N–C) groups is 1. The van der Waals surface area contributed by atoms with E-state index in [1.807, 2.05) is 43.5 Å². The number of aromatic nitrogens is 1. The van der Waals surface area contributed by atoms with Crippen molar-refractivity contribution in [1.82, 2.24) is 4.98 Å². The molecule has 2 aromatic carbocycles. The normalized spacial score (nSPS) is 14.9. The number of rotatable bonds is 3. The van der Waals surface area contributed by atoms with Crippen molar-refractivity contribution in [2.75, 3.05) is 5.32 Å². The molecule has 0 amide bonds. The molecule has 4 rings (SSSR count). The highest BCUT2D eigenvalue weighted by molar-refractivity contribution is 7.12. The van der Waals surface area contributed by atoms with Crippen LogP contribution in [-0.4, -0.2) is 21.9 Å². The predicted octanol–water partition coefficient (Wildman–Crippen LogP) is 4.75. The number of nitrogens with zero attached hydrogens (tertiary/aromatic N) is 2. The van der Waals surface area contributed by atoms with E-state index in [2.05, 4.69) is 10.3 Å². The first-order chi connectivity index (χ1) is 12.8. The van der Waals surface area contributed by atoms with Crippen molar-refractivity contribution < 1.29 is 14.3 Å². The highest BCUT2D eigenvalue weighted by atomic mass is 32.1. The standard InChI is InChI=1S/C20H16FN3O2S/c1-20(2)13-5-3-4-6-15(13)22-17(24-20)18-23-16(10-27-18)11-7-8-12(19(25)26)14(21)9-11/h3-10H,1-2H3,(H,22,24)(H,25,26). The van der Waals surface area contributed by atoms with E-state index in [1.165, 1.54) is 23.5 Å². The Kier molecular flexibility index (Phi) is 4.04. The number of amidine groups is 1. The van der Waals surface area contributed by atoms with Crippen molar-refractivity contribution in [3.63, 3.8) is 0 Å². The second-order valence-electron chi connectivity index (χ2n) is 6.73. The summed E-state index contributed by atoms with van der Waals surface area (Å²) in [4.78, 5) is 20.3. The molecule has 7 heteroatoms. The number of carboxylic acids is 1. The van der Waals surface area contributed by atoms with Crippen molar-refractivity contribution in [2.45, 2.75) is 19.4 Å². The number of thiazole rings is 1. The van der Waals surface area contributed by atoms with Crippen LogP contribution in [0.25, 0.3) is 11.3 Å². The zero-order valence-electron chi connectivity index (χ0n) is 14.7. The lowest BCUT2D eigenvalue weighted by Crippen LogP contribution is -2.29.